The molecule has 0 amide bonds. The smallest absolute Gasteiger partial charge is 0.163 e. The highest BCUT2D eigenvalue weighted by molar-refractivity contribution is 5.61. The summed E-state index contributed by atoms with van der Waals surface area (Å²) in [6, 6.07) is 12.3. The summed E-state index contributed by atoms with van der Waals surface area (Å²) in [6.45, 7) is 7.75. The van der Waals surface area contributed by atoms with Crippen molar-refractivity contribution in [3.8, 4) is 11.4 Å². The first-order valence-corrected chi connectivity index (χ1v) is 9.62. The maximum absolute atomic E-state index is 5.41. The van der Waals surface area contributed by atoms with Gasteiger partial charge in [-0.25, -0.2) is 9.97 Å². The van der Waals surface area contributed by atoms with Crippen LogP contribution in [-0.4, -0.2) is 67.4 Å². The van der Waals surface area contributed by atoms with Crippen LogP contribution in [0.3, 0.4) is 0 Å². The quantitative estimate of drug-likeness (QED) is 0.861. The summed E-state index contributed by atoms with van der Waals surface area (Å²) in [5, 5.41) is 3.51. The second-order valence-electron chi connectivity index (χ2n) is 6.88. The summed E-state index contributed by atoms with van der Waals surface area (Å²) in [5.74, 6) is 2.74. The van der Waals surface area contributed by atoms with Gasteiger partial charge in [0.1, 0.15) is 11.6 Å². The molecule has 2 saturated heterocycles. The fraction of sp³-hybridized carbons (Fsp3) is 0.500. The van der Waals surface area contributed by atoms with E-state index in [-0.39, 0.29) is 0 Å². The van der Waals surface area contributed by atoms with Gasteiger partial charge in [-0.3, -0.25) is 4.90 Å². The summed E-state index contributed by atoms with van der Waals surface area (Å²) in [5.41, 5.74) is 1.06. The van der Waals surface area contributed by atoms with Gasteiger partial charge in [0, 0.05) is 50.9 Å². The molecule has 0 unspecified atom stereocenters. The van der Waals surface area contributed by atoms with Gasteiger partial charge >= 0.3 is 0 Å². The third-order valence-electron chi connectivity index (χ3n) is 5.01. The van der Waals surface area contributed by atoms with Crippen molar-refractivity contribution in [1.29, 1.82) is 0 Å². The van der Waals surface area contributed by atoms with Crippen LogP contribution in [0, 0.1) is 0 Å². The summed E-state index contributed by atoms with van der Waals surface area (Å²) in [4.78, 5) is 14.4. The van der Waals surface area contributed by atoms with Gasteiger partial charge in [-0.1, -0.05) is 30.3 Å². The first-order valence-electron chi connectivity index (χ1n) is 9.62. The Balaban J connectivity index is 1.49. The molecule has 6 heteroatoms. The van der Waals surface area contributed by atoms with Gasteiger partial charge in [0.05, 0.1) is 13.2 Å². The van der Waals surface area contributed by atoms with Crippen molar-refractivity contribution in [3.63, 3.8) is 0 Å². The lowest BCUT2D eigenvalue weighted by Gasteiger charge is -2.26. The molecule has 2 aliphatic heterocycles. The molecule has 0 spiro atoms. The first-order chi connectivity index (χ1) is 12.9. The maximum Gasteiger partial charge on any atom is 0.163 e. The van der Waals surface area contributed by atoms with E-state index in [1.807, 2.05) is 18.2 Å². The average molecular weight is 353 g/mol. The number of benzene rings is 1. The first kappa shape index (κ1) is 17.2. The van der Waals surface area contributed by atoms with E-state index in [4.69, 9.17) is 14.7 Å². The van der Waals surface area contributed by atoms with E-state index in [2.05, 4.69) is 33.3 Å². The highest BCUT2D eigenvalue weighted by atomic mass is 16.5. The summed E-state index contributed by atoms with van der Waals surface area (Å²) in [6.07, 6.45) is 2.48. The van der Waals surface area contributed by atoms with Crippen LogP contribution >= 0.6 is 0 Å². The Morgan fingerprint density at radius 2 is 1.73 bits per heavy atom. The Kier molecular flexibility index (Phi) is 5.62. The molecule has 2 aliphatic rings. The highest BCUT2D eigenvalue weighted by Gasteiger charge is 2.17. The SMILES string of the molecule is c1ccc(-c2nc(NCCN3CCOCC3)cc(N3CCCC3)n2)cc1. The van der Waals surface area contributed by atoms with Crippen LogP contribution in [0.15, 0.2) is 36.4 Å². The van der Waals surface area contributed by atoms with E-state index in [0.717, 1.165) is 75.5 Å². The number of aromatic nitrogens is 2. The van der Waals surface area contributed by atoms with E-state index >= 15 is 0 Å². The summed E-state index contributed by atoms with van der Waals surface area (Å²) in [7, 11) is 0. The maximum atomic E-state index is 5.41. The van der Waals surface area contributed by atoms with Crippen molar-refractivity contribution in [2.45, 2.75) is 12.8 Å². The van der Waals surface area contributed by atoms with Crippen LogP contribution in [0.1, 0.15) is 12.8 Å². The Morgan fingerprint density at radius 1 is 0.962 bits per heavy atom. The van der Waals surface area contributed by atoms with Gasteiger partial charge in [-0.2, -0.15) is 0 Å². The molecule has 2 aromatic rings. The molecule has 0 saturated carbocycles. The fourth-order valence-electron chi connectivity index (χ4n) is 3.52. The normalized spacial score (nSPS) is 18.2. The number of morpholine rings is 1. The zero-order valence-electron chi connectivity index (χ0n) is 15.2. The molecule has 26 heavy (non-hydrogen) atoms. The number of anilines is 2. The zero-order valence-corrected chi connectivity index (χ0v) is 15.2. The lowest BCUT2D eigenvalue weighted by Crippen LogP contribution is -2.39. The van der Waals surface area contributed by atoms with Crippen molar-refractivity contribution in [1.82, 2.24) is 14.9 Å². The number of nitrogens with zero attached hydrogens (tertiary/aromatic N) is 4. The van der Waals surface area contributed by atoms with Crippen molar-refractivity contribution in [2.75, 3.05) is 62.7 Å². The van der Waals surface area contributed by atoms with Crippen molar-refractivity contribution in [3.05, 3.63) is 36.4 Å². The van der Waals surface area contributed by atoms with Crippen LogP contribution in [0.25, 0.3) is 11.4 Å². The second kappa shape index (κ2) is 8.47. The Morgan fingerprint density at radius 3 is 2.50 bits per heavy atom. The average Bonchev–Trinajstić information content (AvgIpc) is 3.24. The largest absolute Gasteiger partial charge is 0.379 e. The number of nitrogens with one attached hydrogen (secondary N) is 1. The molecule has 138 valence electrons. The van der Waals surface area contributed by atoms with E-state index < -0.39 is 0 Å². The molecule has 6 nitrogen and oxygen atoms in total. The molecule has 1 aromatic heterocycles. The zero-order chi connectivity index (χ0) is 17.6. The van der Waals surface area contributed by atoms with Crippen molar-refractivity contribution in [2.24, 2.45) is 0 Å². The minimum atomic E-state index is 0.795. The highest BCUT2D eigenvalue weighted by Crippen LogP contribution is 2.24. The Hall–Kier alpha value is -2.18. The molecule has 1 N–H and O–H groups in total. The summed E-state index contributed by atoms with van der Waals surface area (Å²) < 4.78 is 5.41. The Bertz CT molecular complexity index is 697. The topological polar surface area (TPSA) is 53.5 Å². The molecule has 0 bridgehead atoms. The molecule has 2 fully saturated rings. The predicted molar refractivity (Wildman–Crippen MR) is 105 cm³/mol. The summed E-state index contributed by atoms with van der Waals surface area (Å²) >= 11 is 0. The molecule has 1 aromatic carbocycles. The Labute approximate surface area is 155 Å². The lowest BCUT2D eigenvalue weighted by atomic mass is 10.2. The van der Waals surface area contributed by atoms with Gasteiger partial charge < -0.3 is 15.0 Å². The van der Waals surface area contributed by atoms with E-state index in [9.17, 15) is 0 Å². The van der Waals surface area contributed by atoms with Crippen molar-refractivity contribution >= 4 is 11.6 Å². The van der Waals surface area contributed by atoms with E-state index in [1.165, 1.54) is 12.8 Å². The van der Waals surface area contributed by atoms with Crippen LogP contribution in [-0.2, 0) is 4.74 Å². The van der Waals surface area contributed by atoms with Crippen molar-refractivity contribution < 1.29 is 4.74 Å². The van der Waals surface area contributed by atoms with E-state index in [1.54, 1.807) is 0 Å². The van der Waals surface area contributed by atoms with Gasteiger partial charge in [0.15, 0.2) is 5.82 Å². The van der Waals surface area contributed by atoms with Crippen LogP contribution < -0.4 is 10.2 Å². The third kappa shape index (κ3) is 4.31. The minimum Gasteiger partial charge on any atom is -0.379 e. The predicted octanol–water partition coefficient (Wildman–Crippen LogP) is 2.49. The molecule has 3 heterocycles. The van der Waals surface area contributed by atoms with E-state index in [0.29, 0.717) is 0 Å². The molecule has 0 atom stereocenters. The molecule has 0 radical (unpaired) electrons. The minimum absolute atomic E-state index is 0.795. The monoisotopic (exact) mass is 353 g/mol. The van der Waals surface area contributed by atoms with Gasteiger partial charge in [-0.15, -0.1) is 0 Å². The van der Waals surface area contributed by atoms with Gasteiger partial charge in [0.25, 0.3) is 0 Å². The standard InChI is InChI=1S/C20H27N5O/c1-2-6-17(7-3-1)20-22-18(16-19(23-20)25-9-4-5-10-25)21-8-11-24-12-14-26-15-13-24/h1-3,6-7,16H,4-5,8-15H2,(H,21,22,23). The number of hydrogen-bond donors (Lipinski definition) is 1. The van der Waals surface area contributed by atoms with Crippen LogP contribution in [0.5, 0.6) is 0 Å². The number of hydrogen-bond acceptors (Lipinski definition) is 6. The molecule has 0 aliphatic carbocycles. The lowest BCUT2D eigenvalue weighted by molar-refractivity contribution is 0.0398. The van der Waals surface area contributed by atoms with Crippen LogP contribution in [0.2, 0.25) is 0 Å². The molecule has 4 rings (SSSR count). The van der Waals surface area contributed by atoms with Gasteiger partial charge in [0.2, 0.25) is 0 Å². The fourth-order valence-corrected chi connectivity index (χ4v) is 3.52. The number of rotatable bonds is 6. The molecular weight excluding hydrogens is 326 g/mol. The van der Waals surface area contributed by atoms with Crippen LogP contribution in [0.4, 0.5) is 11.6 Å². The number of ether oxygens (including phenoxy) is 1. The molecular formula is C20H27N5O. The third-order valence-corrected chi connectivity index (χ3v) is 5.01. The van der Waals surface area contributed by atoms with Gasteiger partial charge in [-0.05, 0) is 12.8 Å². The second-order valence-corrected chi connectivity index (χ2v) is 6.88.